The van der Waals surface area contributed by atoms with Crippen LogP contribution in [-0.2, 0) is 16.1 Å². The third-order valence-electron chi connectivity index (χ3n) is 4.73. The molecule has 1 aliphatic rings. The summed E-state index contributed by atoms with van der Waals surface area (Å²) in [5, 5.41) is 2.66. The largest absolute Gasteiger partial charge is 0.363 e. The zero-order chi connectivity index (χ0) is 20.1. The summed E-state index contributed by atoms with van der Waals surface area (Å²) in [4.78, 5) is 27.1. The number of hydrogen-bond donors (Lipinski definition) is 1. The number of nitrogens with zero attached hydrogens (tertiary/aromatic N) is 2. The van der Waals surface area contributed by atoms with Gasteiger partial charge < -0.3 is 15.1 Å². The first-order valence-electron chi connectivity index (χ1n) is 9.41. The Morgan fingerprint density at radius 2 is 1.75 bits per heavy atom. The van der Waals surface area contributed by atoms with Crippen molar-refractivity contribution in [3.05, 3.63) is 59.7 Å². The molecule has 0 bridgehead atoms. The van der Waals surface area contributed by atoms with Crippen LogP contribution in [-0.4, -0.2) is 30.9 Å². The van der Waals surface area contributed by atoms with Gasteiger partial charge in [-0.15, -0.1) is 0 Å². The lowest BCUT2D eigenvalue weighted by atomic mass is 10.1. The maximum Gasteiger partial charge on any atom is 0.224 e. The monoisotopic (exact) mass is 375 g/mol. The molecule has 2 aromatic carbocycles. The smallest absolute Gasteiger partial charge is 0.224 e. The van der Waals surface area contributed by atoms with Crippen molar-refractivity contribution in [3.63, 3.8) is 0 Å². The van der Waals surface area contributed by atoms with E-state index in [9.17, 15) is 9.59 Å². The predicted molar refractivity (Wildman–Crippen MR) is 112 cm³/mol. The highest BCUT2D eigenvalue weighted by molar-refractivity contribution is 5.97. The second-order valence-corrected chi connectivity index (χ2v) is 7.02. The first-order valence-corrected chi connectivity index (χ1v) is 9.41. The maximum atomic E-state index is 12.1. The minimum Gasteiger partial charge on any atom is -0.363 e. The summed E-state index contributed by atoms with van der Waals surface area (Å²) in [6, 6.07) is 16.3. The first kappa shape index (κ1) is 19.5. The number of nitrogens with one attached hydrogen (secondary N) is 1. The highest BCUT2D eigenvalue weighted by Crippen LogP contribution is 2.36. The molecule has 28 heavy (non-hydrogen) atoms. The molecule has 0 spiro atoms. The average Bonchev–Trinajstić information content (AvgIpc) is 2.66. The van der Waals surface area contributed by atoms with Crippen molar-refractivity contribution in [2.24, 2.45) is 0 Å². The Labute approximate surface area is 166 Å². The molecule has 5 nitrogen and oxygen atoms in total. The van der Waals surface area contributed by atoms with Gasteiger partial charge >= 0.3 is 0 Å². The Bertz CT molecular complexity index is 925. The zero-order valence-corrected chi connectivity index (χ0v) is 16.5. The van der Waals surface area contributed by atoms with Crippen LogP contribution in [0.25, 0.3) is 0 Å². The van der Waals surface area contributed by atoms with E-state index in [1.165, 1.54) is 12.5 Å². The number of para-hydroxylation sites is 2. The lowest BCUT2D eigenvalue weighted by Gasteiger charge is -2.41. The number of amides is 2. The van der Waals surface area contributed by atoms with Crippen molar-refractivity contribution < 1.29 is 9.59 Å². The van der Waals surface area contributed by atoms with Crippen molar-refractivity contribution >= 4 is 23.2 Å². The second-order valence-electron chi connectivity index (χ2n) is 7.02. The number of carbonyl (C=O) groups excluding carboxylic acids is 2. The van der Waals surface area contributed by atoms with Crippen LogP contribution in [0.3, 0.4) is 0 Å². The fraction of sp³-hybridized carbons (Fsp3) is 0.304. The van der Waals surface area contributed by atoms with Crippen molar-refractivity contribution in [2.45, 2.75) is 33.4 Å². The van der Waals surface area contributed by atoms with Crippen LogP contribution in [0, 0.1) is 11.8 Å². The van der Waals surface area contributed by atoms with E-state index in [0.29, 0.717) is 6.54 Å². The van der Waals surface area contributed by atoms with E-state index in [1.54, 1.807) is 6.92 Å². The Balaban J connectivity index is 1.74. The quantitative estimate of drug-likeness (QED) is 0.840. The van der Waals surface area contributed by atoms with Crippen molar-refractivity contribution in [1.29, 1.82) is 0 Å². The van der Waals surface area contributed by atoms with E-state index in [1.807, 2.05) is 35.2 Å². The molecule has 2 aromatic rings. The molecule has 0 aliphatic carbocycles. The lowest BCUT2D eigenvalue weighted by Crippen LogP contribution is -2.49. The molecular weight excluding hydrogens is 350 g/mol. The lowest BCUT2D eigenvalue weighted by molar-refractivity contribution is -0.119. The zero-order valence-electron chi connectivity index (χ0n) is 16.5. The van der Waals surface area contributed by atoms with Crippen LogP contribution < -0.4 is 15.1 Å². The van der Waals surface area contributed by atoms with Crippen LogP contribution in [0.4, 0.5) is 11.4 Å². The van der Waals surface area contributed by atoms with Crippen molar-refractivity contribution in [3.8, 4) is 11.8 Å². The van der Waals surface area contributed by atoms with Gasteiger partial charge in [-0.1, -0.05) is 36.1 Å². The van der Waals surface area contributed by atoms with Gasteiger partial charge in [0.15, 0.2) is 0 Å². The third-order valence-corrected chi connectivity index (χ3v) is 4.73. The maximum absolute atomic E-state index is 12.1. The van der Waals surface area contributed by atoms with E-state index in [4.69, 9.17) is 0 Å². The van der Waals surface area contributed by atoms with E-state index in [-0.39, 0.29) is 17.9 Å². The summed E-state index contributed by atoms with van der Waals surface area (Å²) in [5.41, 5.74) is 4.15. The third kappa shape index (κ3) is 4.52. The molecule has 5 heteroatoms. The summed E-state index contributed by atoms with van der Waals surface area (Å²) in [5.74, 6) is 5.98. The van der Waals surface area contributed by atoms with Gasteiger partial charge in [-0.05, 0) is 36.8 Å². The number of hydrogen-bond acceptors (Lipinski definition) is 3. The Kier molecular flexibility index (Phi) is 6.00. The molecule has 0 saturated heterocycles. The second kappa shape index (κ2) is 8.62. The number of fused-ring (bicyclic) bond motifs is 1. The number of benzene rings is 2. The minimum absolute atomic E-state index is 0.0711. The van der Waals surface area contributed by atoms with Gasteiger partial charge in [-0.3, -0.25) is 9.59 Å². The van der Waals surface area contributed by atoms with Crippen LogP contribution >= 0.6 is 0 Å². The van der Waals surface area contributed by atoms with Gasteiger partial charge in [0.2, 0.25) is 11.8 Å². The first-order chi connectivity index (χ1) is 13.5. The van der Waals surface area contributed by atoms with Gasteiger partial charge in [0, 0.05) is 32.5 Å². The molecule has 0 fully saturated rings. The highest BCUT2D eigenvalue weighted by Gasteiger charge is 2.30. The topological polar surface area (TPSA) is 52.7 Å². The van der Waals surface area contributed by atoms with Gasteiger partial charge in [0.05, 0.1) is 24.0 Å². The average molecular weight is 375 g/mol. The fourth-order valence-corrected chi connectivity index (χ4v) is 3.53. The van der Waals surface area contributed by atoms with Crippen molar-refractivity contribution in [2.75, 3.05) is 22.9 Å². The molecule has 1 atom stereocenters. The minimum atomic E-state index is -0.0796. The highest BCUT2D eigenvalue weighted by atomic mass is 16.2. The summed E-state index contributed by atoms with van der Waals surface area (Å²) in [6.45, 7) is 7.09. The summed E-state index contributed by atoms with van der Waals surface area (Å²) >= 11 is 0. The molecule has 1 N–H and O–H groups in total. The fourth-order valence-electron chi connectivity index (χ4n) is 3.53. The van der Waals surface area contributed by atoms with Gasteiger partial charge in [0.1, 0.15) is 0 Å². The molecular formula is C23H25N3O2. The van der Waals surface area contributed by atoms with Crippen molar-refractivity contribution in [1.82, 2.24) is 5.32 Å². The Morgan fingerprint density at radius 1 is 1.07 bits per heavy atom. The number of rotatable bonds is 3. The molecule has 0 radical (unpaired) electrons. The van der Waals surface area contributed by atoms with Crippen LogP contribution in [0.2, 0.25) is 0 Å². The molecule has 2 amide bonds. The molecule has 0 saturated carbocycles. The summed E-state index contributed by atoms with van der Waals surface area (Å²) < 4.78 is 0. The van der Waals surface area contributed by atoms with E-state index in [2.05, 4.69) is 47.2 Å². The molecule has 3 rings (SSSR count). The van der Waals surface area contributed by atoms with Crippen LogP contribution in [0.5, 0.6) is 0 Å². The van der Waals surface area contributed by atoms with Gasteiger partial charge in [-0.2, -0.15) is 0 Å². The standard InChI is InChI=1S/C23H25N3O2/c1-17-15-25(22-8-4-5-9-23(22)26(17)19(3)28)16-21-12-10-20(11-13-21)7-6-14-24-18(2)27/h4-5,8-13,17H,14-16H2,1-3H3,(H,24,27)/t17-/m0/s1. The normalized spacial score (nSPS) is 15.3. The van der Waals surface area contributed by atoms with Gasteiger partial charge in [0.25, 0.3) is 0 Å². The number of anilines is 2. The Hall–Kier alpha value is -3.26. The molecule has 1 heterocycles. The molecule has 144 valence electrons. The number of carbonyl (C=O) groups is 2. The Morgan fingerprint density at radius 3 is 2.39 bits per heavy atom. The van der Waals surface area contributed by atoms with E-state index in [0.717, 1.165) is 30.0 Å². The molecule has 1 aliphatic heterocycles. The van der Waals surface area contributed by atoms with E-state index >= 15 is 0 Å². The van der Waals surface area contributed by atoms with E-state index < -0.39 is 0 Å². The molecule has 0 unspecified atom stereocenters. The summed E-state index contributed by atoms with van der Waals surface area (Å²) in [7, 11) is 0. The molecule has 0 aromatic heterocycles. The van der Waals surface area contributed by atoms with Crippen LogP contribution in [0.15, 0.2) is 48.5 Å². The predicted octanol–water partition coefficient (Wildman–Crippen LogP) is 2.94. The van der Waals surface area contributed by atoms with Gasteiger partial charge in [-0.25, -0.2) is 0 Å². The summed E-state index contributed by atoms with van der Waals surface area (Å²) in [6.07, 6.45) is 0. The SMILES string of the molecule is CC(=O)NCC#Cc1ccc(CN2C[C@H](C)N(C(C)=O)c3ccccc32)cc1. The van der Waals surface area contributed by atoms with Crippen LogP contribution in [0.1, 0.15) is 31.9 Å².